The number of benzene rings is 1. The highest BCUT2D eigenvalue weighted by Crippen LogP contribution is 2.37. The molecular formula is C22H22N2O6S. The van der Waals surface area contributed by atoms with Crippen LogP contribution >= 0.6 is 12.2 Å². The zero-order valence-electron chi connectivity index (χ0n) is 17.4. The van der Waals surface area contributed by atoms with Gasteiger partial charge in [0.15, 0.2) is 5.05 Å². The summed E-state index contributed by atoms with van der Waals surface area (Å²) in [6.07, 6.45) is 0.530. The van der Waals surface area contributed by atoms with Gasteiger partial charge in [0.25, 0.3) is 11.8 Å². The van der Waals surface area contributed by atoms with Gasteiger partial charge >= 0.3 is 0 Å². The van der Waals surface area contributed by atoms with E-state index in [4.69, 9.17) is 26.1 Å². The number of ether oxygens (including phenoxy) is 2. The molecule has 0 bridgehead atoms. The number of amides is 3. The van der Waals surface area contributed by atoms with Gasteiger partial charge in [-0.25, -0.2) is 0 Å². The molecule has 0 saturated carbocycles. The van der Waals surface area contributed by atoms with Gasteiger partial charge in [-0.2, -0.15) is 0 Å². The molecule has 0 aliphatic carbocycles. The summed E-state index contributed by atoms with van der Waals surface area (Å²) in [6.45, 7) is 5.88. The number of imide groups is 1. The summed E-state index contributed by atoms with van der Waals surface area (Å²) in [5.41, 5.74) is 1.47. The number of carbonyl (C=O) groups excluding carboxylic acids is 3. The molecule has 0 radical (unpaired) electrons. The average Bonchev–Trinajstić information content (AvgIpc) is 3.17. The molecule has 0 spiro atoms. The molecule has 31 heavy (non-hydrogen) atoms. The first-order valence-electron chi connectivity index (χ1n) is 9.92. The van der Waals surface area contributed by atoms with E-state index in [1.54, 1.807) is 24.3 Å². The Bertz CT molecular complexity index is 1070. The summed E-state index contributed by atoms with van der Waals surface area (Å²) in [6, 6.07) is 6.47. The number of furan rings is 1. The van der Waals surface area contributed by atoms with Crippen molar-refractivity contribution in [1.82, 2.24) is 4.90 Å². The van der Waals surface area contributed by atoms with Crippen LogP contribution in [0.15, 0.2) is 28.7 Å². The van der Waals surface area contributed by atoms with Crippen LogP contribution in [0, 0.1) is 0 Å². The van der Waals surface area contributed by atoms with E-state index < -0.39 is 29.9 Å². The molecule has 8 nitrogen and oxygen atoms in total. The molecule has 0 unspecified atom stereocenters. The van der Waals surface area contributed by atoms with Crippen LogP contribution in [-0.4, -0.2) is 46.4 Å². The first kappa shape index (κ1) is 21.2. The largest absolute Gasteiger partial charge is 0.483 e. The van der Waals surface area contributed by atoms with Crippen LogP contribution in [0.4, 0.5) is 5.88 Å². The number of fused-ring (bicyclic) bond motifs is 2. The zero-order chi connectivity index (χ0) is 22.3. The van der Waals surface area contributed by atoms with E-state index in [9.17, 15) is 14.4 Å². The highest BCUT2D eigenvalue weighted by Gasteiger charge is 2.38. The number of rotatable bonds is 5. The lowest BCUT2D eigenvalue weighted by Gasteiger charge is -2.29. The van der Waals surface area contributed by atoms with Crippen molar-refractivity contribution in [2.24, 2.45) is 0 Å². The van der Waals surface area contributed by atoms with Gasteiger partial charge in [-0.05, 0) is 45.1 Å². The molecule has 1 N–H and O–H groups in total. The fourth-order valence-electron chi connectivity index (χ4n) is 3.75. The first-order chi connectivity index (χ1) is 14.7. The highest BCUT2D eigenvalue weighted by molar-refractivity contribution is 7.80. The van der Waals surface area contributed by atoms with E-state index in [-0.39, 0.29) is 28.7 Å². The topological polar surface area (TPSA) is 98.1 Å². The number of hydrogen-bond acceptors (Lipinski definition) is 7. The Kier molecular flexibility index (Phi) is 5.40. The Hall–Kier alpha value is -3.04. The van der Waals surface area contributed by atoms with Crippen LogP contribution in [0.1, 0.15) is 58.4 Å². The summed E-state index contributed by atoms with van der Waals surface area (Å²) in [7, 11) is 0. The lowest BCUT2D eigenvalue weighted by Crippen LogP contribution is -2.37. The second kappa shape index (κ2) is 7.90. The van der Waals surface area contributed by atoms with Crippen molar-refractivity contribution in [1.29, 1.82) is 0 Å². The fourth-order valence-corrected chi connectivity index (χ4v) is 4.09. The second-order valence-corrected chi connectivity index (χ2v) is 8.31. The lowest BCUT2D eigenvalue weighted by molar-refractivity contribution is -0.116. The lowest BCUT2D eigenvalue weighted by atomic mass is 9.93. The summed E-state index contributed by atoms with van der Waals surface area (Å²) in [4.78, 5) is 38.7. The van der Waals surface area contributed by atoms with Crippen LogP contribution in [-0.2, 0) is 27.3 Å². The van der Waals surface area contributed by atoms with Gasteiger partial charge in [-0.1, -0.05) is 12.1 Å². The van der Waals surface area contributed by atoms with Crippen LogP contribution in [0.3, 0.4) is 0 Å². The van der Waals surface area contributed by atoms with Crippen molar-refractivity contribution in [3.05, 3.63) is 52.3 Å². The SMILES string of the molecule is CCOC(=S)c1c(NC(=O)CN2C(=O)c3ccccc3C2=O)oc2c1CC(C)(C)OC2. The van der Waals surface area contributed by atoms with Gasteiger partial charge in [-0.15, -0.1) is 0 Å². The van der Waals surface area contributed by atoms with Crippen LogP contribution < -0.4 is 5.32 Å². The van der Waals surface area contributed by atoms with E-state index in [0.717, 1.165) is 10.5 Å². The minimum atomic E-state index is -0.582. The molecule has 0 fully saturated rings. The third kappa shape index (κ3) is 3.86. The normalized spacial score (nSPS) is 16.7. The predicted octanol–water partition coefficient (Wildman–Crippen LogP) is 3.08. The molecule has 4 rings (SSSR count). The number of nitrogens with zero attached hydrogens (tertiary/aromatic N) is 1. The third-order valence-corrected chi connectivity index (χ3v) is 5.52. The van der Waals surface area contributed by atoms with Crippen molar-refractivity contribution < 1.29 is 28.3 Å². The maximum atomic E-state index is 12.8. The molecule has 2 aromatic rings. The molecule has 1 aromatic heterocycles. The Morgan fingerprint density at radius 3 is 2.48 bits per heavy atom. The minimum absolute atomic E-state index is 0.131. The number of anilines is 1. The van der Waals surface area contributed by atoms with Crippen molar-refractivity contribution in [3.63, 3.8) is 0 Å². The van der Waals surface area contributed by atoms with Gasteiger partial charge in [0.05, 0.1) is 28.9 Å². The van der Waals surface area contributed by atoms with Crippen molar-refractivity contribution >= 4 is 40.9 Å². The molecule has 3 amide bonds. The molecular weight excluding hydrogens is 420 g/mol. The van der Waals surface area contributed by atoms with Gasteiger partial charge < -0.3 is 13.9 Å². The molecule has 0 saturated heterocycles. The quantitative estimate of drug-likeness (QED) is 0.561. The first-order valence-corrected chi connectivity index (χ1v) is 10.3. The Labute approximate surface area is 184 Å². The van der Waals surface area contributed by atoms with Crippen LogP contribution in [0.2, 0.25) is 0 Å². The summed E-state index contributed by atoms with van der Waals surface area (Å²) >= 11 is 5.41. The number of hydrogen-bond donors (Lipinski definition) is 1. The van der Waals surface area contributed by atoms with Crippen LogP contribution in [0.25, 0.3) is 0 Å². The zero-order valence-corrected chi connectivity index (χ0v) is 18.3. The standard InChI is InChI=1S/C22H22N2O6S/c1-4-28-21(31)17-14-9-22(2,3)29-11-15(14)30-18(17)23-16(25)10-24-19(26)12-7-5-6-8-13(12)20(24)27/h5-8H,4,9-11H2,1-3H3,(H,23,25). The van der Waals surface area contributed by atoms with E-state index in [0.29, 0.717) is 24.4 Å². The molecule has 1 aromatic carbocycles. The number of nitrogens with one attached hydrogen (secondary N) is 1. The average molecular weight is 442 g/mol. The smallest absolute Gasteiger partial charge is 0.262 e. The minimum Gasteiger partial charge on any atom is -0.483 e. The third-order valence-electron chi connectivity index (χ3n) is 5.20. The molecule has 2 aliphatic heterocycles. The fraction of sp³-hybridized carbons (Fsp3) is 0.364. The van der Waals surface area contributed by atoms with E-state index >= 15 is 0 Å². The van der Waals surface area contributed by atoms with Crippen LogP contribution in [0.5, 0.6) is 0 Å². The number of carbonyl (C=O) groups is 3. The second-order valence-electron chi connectivity index (χ2n) is 7.94. The summed E-state index contributed by atoms with van der Waals surface area (Å²) < 4.78 is 17.1. The van der Waals surface area contributed by atoms with E-state index in [2.05, 4.69) is 5.32 Å². The molecule has 0 atom stereocenters. The van der Waals surface area contributed by atoms with E-state index in [1.165, 1.54) is 0 Å². The Balaban J connectivity index is 1.58. The summed E-state index contributed by atoms with van der Waals surface area (Å²) in [5, 5.41) is 2.86. The van der Waals surface area contributed by atoms with Gasteiger partial charge in [0, 0.05) is 12.0 Å². The van der Waals surface area contributed by atoms with Gasteiger partial charge in [0.1, 0.15) is 18.9 Å². The van der Waals surface area contributed by atoms with E-state index in [1.807, 2.05) is 20.8 Å². The molecule has 3 heterocycles. The highest BCUT2D eigenvalue weighted by atomic mass is 32.1. The molecule has 2 aliphatic rings. The molecule has 9 heteroatoms. The maximum Gasteiger partial charge on any atom is 0.262 e. The van der Waals surface area contributed by atoms with Crippen molar-refractivity contribution in [2.45, 2.75) is 39.4 Å². The van der Waals surface area contributed by atoms with Gasteiger partial charge in [-0.3, -0.25) is 24.6 Å². The predicted molar refractivity (Wildman–Crippen MR) is 115 cm³/mol. The monoisotopic (exact) mass is 442 g/mol. The Morgan fingerprint density at radius 1 is 1.23 bits per heavy atom. The van der Waals surface area contributed by atoms with Crippen molar-refractivity contribution in [2.75, 3.05) is 18.5 Å². The maximum absolute atomic E-state index is 12.8. The van der Waals surface area contributed by atoms with Gasteiger partial charge in [0.2, 0.25) is 11.8 Å². The number of thiocarbonyl (C=S) groups is 1. The molecule has 162 valence electrons. The van der Waals surface area contributed by atoms with Crippen molar-refractivity contribution in [3.8, 4) is 0 Å². The summed E-state index contributed by atoms with van der Waals surface area (Å²) in [5.74, 6) is -0.899. The Morgan fingerprint density at radius 2 is 1.87 bits per heavy atom.